The fourth-order valence-electron chi connectivity index (χ4n) is 3.36. The van der Waals surface area contributed by atoms with E-state index in [4.69, 9.17) is 0 Å². The van der Waals surface area contributed by atoms with Gasteiger partial charge in [0.05, 0.1) is 17.4 Å². The lowest BCUT2D eigenvalue weighted by Crippen LogP contribution is -2.49. The summed E-state index contributed by atoms with van der Waals surface area (Å²) in [7, 11) is 0. The van der Waals surface area contributed by atoms with Crippen molar-refractivity contribution in [3.8, 4) is 0 Å². The predicted octanol–water partition coefficient (Wildman–Crippen LogP) is 3.19. The molecule has 0 unspecified atom stereocenters. The van der Waals surface area contributed by atoms with E-state index < -0.39 is 0 Å². The van der Waals surface area contributed by atoms with Crippen molar-refractivity contribution in [2.45, 2.75) is 13.8 Å². The Morgan fingerprint density at radius 3 is 2.41 bits per heavy atom. The molecule has 148 valence electrons. The number of aromatic nitrogens is 3. The van der Waals surface area contributed by atoms with Gasteiger partial charge in [0.1, 0.15) is 0 Å². The van der Waals surface area contributed by atoms with Gasteiger partial charge in [-0.2, -0.15) is 0 Å². The molecule has 29 heavy (non-hydrogen) atoms. The van der Waals surface area contributed by atoms with E-state index in [1.807, 2.05) is 17.0 Å². The van der Waals surface area contributed by atoms with E-state index in [1.165, 1.54) is 11.1 Å². The maximum atomic E-state index is 13.0. The normalized spacial score (nSPS) is 14.0. The minimum absolute atomic E-state index is 0.00475. The second kappa shape index (κ2) is 8.26. The topological polar surface area (TPSA) is 74.2 Å². The Hall–Kier alpha value is -3.48. The zero-order chi connectivity index (χ0) is 20.2. The van der Waals surface area contributed by atoms with E-state index in [9.17, 15) is 4.79 Å². The number of carbonyl (C=O) groups excluding carboxylic acids is 1. The van der Waals surface area contributed by atoms with Crippen molar-refractivity contribution in [1.82, 2.24) is 19.9 Å². The van der Waals surface area contributed by atoms with Crippen molar-refractivity contribution in [3.05, 3.63) is 71.8 Å². The van der Waals surface area contributed by atoms with Crippen LogP contribution >= 0.6 is 0 Å². The molecule has 1 aliphatic rings. The van der Waals surface area contributed by atoms with Crippen LogP contribution in [0.15, 0.2) is 55.1 Å². The molecule has 0 atom stereocenters. The first-order valence-electron chi connectivity index (χ1n) is 9.71. The van der Waals surface area contributed by atoms with E-state index in [0.717, 1.165) is 11.4 Å². The van der Waals surface area contributed by atoms with Crippen molar-refractivity contribution in [2.75, 3.05) is 36.4 Å². The first kappa shape index (κ1) is 18.9. The molecule has 1 saturated heterocycles. The summed E-state index contributed by atoms with van der Waals surface area (Å²) in [5, 5.41) is 3.34. The van der Waals surface area contributed by atoms with Crippen molar-refractivity contribution >= 4 is 23.2 Å². The van der Waals surface area contributed by atoms with Crippen LogP contribution in [-0.2, 0) is 0 Å². The number of aryl methyl sites for hydroxylation is 2. The van der Waals surface area contributed by atoms with Crippen LogP contribution < -0.4 is 10.2 Å². The quantitative estimate of drug-likeness (QED) is 0.740. The largest absolute Gasteiger partial charge is 0.354 e. The van der Waals surface area contributed by atoms with Gasteiger partial charge in [-0.1, -0.05) is 6.07 Å². The summed E-state index contributed by atoms with van der Waals surface area (Å²) < 4.78 is 0. The van der Waals surface area contributed by atoms with Gasteiger partial charge in [-0.3, -0.25) is 9.78 Å². The Bertz CT molecular complexity index is 999. The van der Waals surface area contributed by atoms with Gasteiger partial charge >= 0.3 is 0 Å². The lowest BCUT2D eigenvalue weighted by Gasteiger charge is -2.34. The van der Waals surface area contributed by atoms with Crippen molar-refractivity contribution in [1.29, 1.82) is 0 Å². The Kier molecular flexibility index (Phi) is 5.37. The number of amides is 1. The zero-order valence-electron chi connectivity index (χ0n) is 16.7. The molecule has 1 aliphatic heterocycles. The highest BCUT2D eigenvalue weighted by atomic mass is 16.2. The highest BCUT2D eigenvalue weighted by Gasteiger charge is 2.23. The average molecular weight is 388 g/mol. The number of carbonyl (C=O) groups is 1. The molecule has 0 bridgehead atoms. The summed E-state index contributed by atoms with van der Waals surface area (Å²) in [6.45, 7) is 6.85. The van der Waals surface area contributed by atoms with Crippen LogP contribution in [0.5, 0.6) is 0 Å². The number of benzene rings is 1. The Morgan fingerprint density at radius 2 is 1.69 bits per heavy atom. The number of rotatable bonds is 4. The van der Waals surface area contributed by atoms with Crippen molar-refractivity contribution in [2.24, 2.45) is 0 Å². The fourth-order valence-corrected chi connectivity index (χ4v) is 3.36. The summed E-state index contributed by atoms with van der Waals surface area (Å²) in [6, 6.07) is 9.86. The Labute approximate surface area is 170 Å². The maximum Gasteiger partial charge on any atom is 0.255 e. The second-order valence-corrected chi connectivity index (χ2v) is 7.21. The fraction of sp³-hybridized carbons (Fsp3) is 0.273. The molecule has 0 radical (unpaired) electrons. The van der Waals surface area contributed by atoms with Crippen molar-refractivity contribution < 1.29 is 4.79 Å². The SMILES string of the molecule is Cc1ccc(Nc2cncc(C(=O)N3CCN(c4ncccn4)CC3)c2)cc1C. The molecule has 2 aromatic heterocycles. The number of nitrogens with zero attached hydrogens (tertiary/aromatic N) is 5. The van der Waals surface area contributed by atoms with Crippen molar-refractivity contribution in [3.63, 3.8) is 0 Å². The zero-order valence-corrected chi connectivity index (χ0v) is 16.7. The van der Waals surface area contributed by atoms with Crippen LogP contribution in [0, 0.1) is 13.8 Å². The summed E-state index contributed by atoms with van der Waals surface area (Å²) in [5.41, 5.74) is 4.84. The van der Waals surface area contributed by atoms with Gasteiger partial charge in [0.15, 0.2) is 0 Å². The minimum Gasteiger partial charge on any atom is -0.354 e. The van der Waals surface area contributed by atoms with E-state index in [1.54, 1.807) is 30.9 Å². The summed E-state index contributed by atoms with van der Waals surface area (Å²) in [6.07, 6.45) is 6.83. The van der Waals surface area contributed by atoms with Gasteiger partial charge in [-0.15, -0.1) is 0 Å². The maximum absolute atomic E-state index is 13.0. The monoisotopic (exact) mass is 388 g/mol. The van der Waals surface area contributed by atoms with Crippen LogP contribution in [0.25, 0.3) is 0 Å². The summed E-state index contributed by atoms with van der Waals surface area (Å²) in [5.74, 6) is 0.704. The van der Waals surface area contributed by atoms with Gasteiger partial charge in [-0.25, -0.2) is 9.97 Å². The number of hydrogen-bond acceptors (Lipinski definition) is 6. The number of nitrogens with one attached hydrogen (secondary N) is 1. The van der Waals surface area contributed by atoms with Gasteiger partial charge in [0, 0.05) is 50.5 Å². The summed E-state index contributed by atoms with van der Waals surface area (Å²) in [4.78, 5) is 29.7. The molecule has 1 amide bonds. The number of anilines is 3. The smallest absolute Gasteiger partial charge is 0.255 e. The standard InChI is InChI=1S/C22H24N6O/c1-16-4-5-19(12-17(16)2)26-20-13-18(14-23-15-20)21(29)27-8-10-28(11-9-27)22-24-6-3-7-25-22/h3-7,12-15,26H,8-11H2,1-2H3. The lowest BCUT2D eigenvalue weighted by atomic mass is 10.1. The number of hydrogen-bond donors (Lipinski definition) is 1. The first-order chi connectivity index (χ1) is 14.1. The molecule has 1 fully saturated rings. The highest BCUT2D eigenvalue weighted by molar-refractivity contribution is 5.95. The molecule has 7 heteroatoms. The summed E-state index contributed by atoms with van der Waals surface area (Å²) >= 11 is 0. The third kappa shape index (κ3) is 4.34. The Morgan fingerprint density at radius 1 is 0.931 bits per heavy atom. The second-order valence-electron chi connectivity index (χ2n) is 7.21. The first-order valence-corrected chi connectivity index (χ1v) is 9.71. The highest BCUT2D eigenvalue weighted by Crippen LogP contribution is 2.21. The van der Waals surface area contributed by atoms with Crippen LogP contribution in [0.3, 0.4) is 0 Å². The predicted molar refractivity (Wildman–Crippen MR) is 114 cm³/mol. The van der Waals surface area contributed by atoms with Crippen LogP contribution in [-0.4, -0.2) is 51.9 Å². The molecule has 4 rings (SSSR count). The number of pyridine rings is 1. The van der Waals surface area contributed by atoms with E-state index >= 15 is 0 Å². The molecule has 1 N–H and O–H groups in total. The molecule has 0 saturated carbocycles. The molecule has 3 aromatic rings. The number of piperazine rings is 1. The lowest BCUT2D eigenvalue weighted by molar-refractivity contribution is 0.0746. The van der Waals surface area contributed by atoms with Gasteiger partial charge < -0.3 is 15.1 Å². The molecule has 0 spiro atoms. The molecular formula is C22H24N6O. The molecule has 0 aliphatic carbocycles. The third-order valence-corrected chi connectivity index (χ3v) is 5.18. The van der Waals surface area contributed by atoms with E-state index in [2.05, 4.69) is 51.1 Å². The molecular weight excluding hydrogens is 364 g/mol. The van der Waals surface area contributed by atoms with E-state index in [0.29, 0.717) is 37.7 Å². The molecule has 1 aromatic carbocycles. The van der Waals surface area contributed by atoms with Gasteiger partial charge in [-0.05, 0) is 49.2 Å². The Balaban J connectivity index is 1.41. The van der Waals surface area contributed by atoms with Crippen LogP contribution in [0.1, 0.15) is 21.5 Å². The van der Waals surface area contributed by atoms with Gasteiger partial charge in [0.2, 0.25) is 5.95 Å². The minimum atomic E-state index is -0.00475. The third-order valence-electron chi connectivity index (χ3n) is 5.18. The van der Waals surface area contributed by atoms with E-state index in [-0.39, 0.29) is 5.91 Å². The van der Waals surface area contributed by atoms with Gasteiger partial charge in [0.25, 0.3) is 5.91 Å². The average Bonchev–Trinajstić information content (AvgIpc) is 2.77. The van der Waals surface area contributed by atoms with Crippen LogP contribution in [0.2, 0.25) is 0 Å². The molecule has 3 heterocycles. The van der Waals surface area contributed by atoms with Crippen LogP contribution in [0.4, 0.5) is 17.3 Å². The molecule has 7 nitrogen and oxygen atoms in total.